The molecular weight excluding hydrogens is 584 g/mol. The van der Waals surface area contributed by atoms with Crippen LogP contribution < -0.4 is 9.47 Å². The Balaban J connectivity index is 1.58. The van der Waals surface area contributed by atoms with E-state index in [9.17, 15) is 19.5 Å². The van der Waals surface area contributed by atoms with Crippen molar-refractivity contribution in [1.82, 2.24) is 0 Å². The summed E-state index contributed by atoms with van der Waals surface area (Å²) in [5, 5.41) is 11.8. The predicted molar refractivity (Wildman–Crippen MR) is 174 cm³/mol. The Morgan fingerprint density at radius 1 is 1.02 bits per heavy atom. The number of carbonyl (C=O) groups excluding carboxylic acids is 3. The average Bonchev–Trinajstić information content (AvgIpc) is 3.12. The second-order valence-electron chi connectivity index (χ2n) is 14.6. The Bertz CT molecular complexity index is 1690. The average molecular weight is 629 g/mol. The zero-order valence-corrected chi connectivity index (χ0v) is 28.0. The van der Waals surface area contributed by atoms with Crippen LogP contribution >= 0.6 is 0 Å². The molecule has 0 aromatic heterocycles. The molecule has 1 aromatic rings. The van der Waals surface area contributed by atoms with Gasteiger partial charge in [0.2, 0.25) is 0 Å². The molecule has 1 saturated carbocycles. The SMILES string of the molecule is CC(C)=CCC[C@]1(C)C=Cc2c(O)c3c(c(CC=C(C)C)c2O1)O[C@]12C(=CC4CC1C(C)(C)OC2(CC=C(C)OC=O)C4=O)C3=O. The third kappa shape index (κ3) is 4.55. The number of phenolic OH excluding ortho intramolecular Hbond substituents is 1. The number of aromatic hydroxyl groups is 1. The molecule has 1 spiro atoms. The predicted octanol–water partition coefficient (Wildman–Crippen LogP) is 7.29. The maximum atomic E-state index is 14.7. The number of hydrogen-bond donors (Lipinski definition) is 1. The van der Waals surface area contributed by atoms with E-state index in [0.29, 0.717) is 53.9 Å². The van der Waals surface area contributed by atoms with Crippen LogP contribution in [0.25, 0.3) is 6.08 Å². The Labute approximate surface area is 270 Å². The number of hydrogen-bond acceptors (Lipinski definition) is 8. The van der Waals surface area contributed by atoms with Crippen molar-refractivity contribution < 1.29 is 38.4 Å². The molecule has 2 fully saturated rings. The van der Waals surface area contributed by atoms with E-state index in [4.69, 9.17) is 18.9 Å². The number of phenols is 1. The van der Waals surface area contributed by atoms with Gasteiger partial charge in [0.25, 0.3) is 6.47 Å². The van der Waals surface area contributed by atoms with Crippen LogP contribution in [0.4, 0.5) is 0 Å². The molecular formula is C38H44O8. The van der Waals surface area contributed by atoms with Crippen molar-refractivity contribution in [2.45, 2.75) is 110 Å². The number of benzene rings is 1. The van der Waals surface area contributed by atoms with Crippen LogP contribution in [-0.4, -0.2) is 45.5 Å². The fraction of sp³-hybridized carbons (Fsp3) is 0.500. The van der Waals surface area contributed by atoms with Gasteiger partial charge in [0.1, 0.15) is 34.2 Å². The van der Waals surface area contributed by atoms with Crippen molar-refractivity contribution in [2.24, 2.45) is 11.8 Å². The summed E-state index contributed by atoms with van der Waals surface area (Å²) in [5.74, 6) is -0.605. The van der Waals surface area contributed by atoms with Gasteiger partial charge in [-0.15, -0.1) is 0 Å². The summed E-state index contributed by atoms with van der Waals surface area (Å²) >= 11 is 0. The second kappa shape index (κ2) is 10.8. The van der Waals surface area contributed by atoms with E-state index in [-0.39, 0.29) is 41.0 Å². The minimum atomic E-state index is -1.55. The van der Waals surface area contributed by atoms with Gasteiger partial charge in [-0.3, -0.25) is 14.4 Å². The van der Waals surface area contributed by atoms with Crippen molar-refractivity contribution in [1.29, 1.82) is 0 Å². The van der Waals surface area contributed by atoms with Gasteiger partial charge in [0, 0.05) is 29.4 Å². The minimum absolute atomic E-state index is 0.0454. The van der Waals surface area contributed by atoms with E-state index in [1.165, 1.54) is 5.57 Å². The standard InChI is InChI=1S/C38H44O8/c1-21(2)10-9-15-36(8)16-14-25-30(40)29-31(41)27-18-24-19-28-35(6,7)46-37(34(24)42,17-13-23(5)43-20-39)38(27,28)45-33(29)26(32(25)44-36)12-11-22(3)4/h10-11,13-14,16,18,20,24,28,40H,9,12,15,17,19H2,1-8H3/t24?,28?,36-,37?,38-/m1/s1. The molecule has 1 aromatic carbocycles. The molecule has 1 N–H and O–H groups in total. The molecule has 3 heterocycles. The van der Waals surface area contributed by atoms with Crippen LogP contribution in [0.3, 0.4) is 0 Å². The fourth-order valence-electron chi connectivity index (χ4n) is 8.20. The summed E-state index contributed by atoms with van der Waals surface area (Å²) < 4.78 is 25.7. The van der Waals surface area contributed by atoms with Crippen molar-refractivity contribution in [3.8, 4) is 17.2 Å². The maximum Gasteiger partial charge on any atom is 0.298 e. The smallest absolute Gasteiger partial charge is 0.298 e. The van der Waals surface area contributed by atoms with Gasteiger partial charge < -0.3 is 24.1 Å². The molecule has 1 saturated heterocycles. The number of Topliss-reactive ketones (excluding diaryl/α,β-unsaturated/α-hetero) is 2. The zero-order valence-electron chi connectivity index (χ0n) is 28.0. The molecule has 5 atom stereocenters. The number of carbonyl (C=O) groups is 3. The first-order valence-corrected chi connectivity index (χ1v) is 16.1. The van der Waals surface area contributed by atoms with Gasteiger partial charge >= 0.3 is 0 Å². The summed E-state index contributed by atoms with van der Waals surface area (Å²) in [6.45, 7) is 16.0. The van der Waals surface area contributed by atoms with Crippen LogP contribution in [0.2, 0.25) is 0 Å². The quantitative estimate of drug-likeness (QED) is 0.173. The first-order valence-electron chi connectivity index (χ1n) is 16.1. The molecule has 4 bridgehead atoms. The van der Waals surface area contributed by atoms with E-state index in [2.05, 4.69) is 19.9 Å². The monoisotopic (exact) mass is 628 g/mol. The van der Waals surface area contributed by atoms with Crippen LogP contribution in [0.5, 0.6) is 17.2 Å². The number of allylic oxidation sites excluding steroid dienone is 6. The number of ether oxygens (including phenoxy) is 4. The van der Waals surface area contributed by atoms with Crippen LogP contribution in [0.15, 0.2) is 52.9 Å². The van der Waals surface area contributed by atoms with Crippen molar-refractivity contribution in [3.63, 3.8) is 0 Å². The first-order chi connectivity index (χ1) is 21.6. The van der Waals surface area contributed by atoms with Crippen molar-refractivity contribution >= 4 is 24.1 Å². The molecule has 8 nitrogen and oxygen atoms in total. The van der Waals surface area contributed by atoms with Gasteiger partial charge in [0.05, 0.1) is 11.2 Å². The third-order valence-electron chi connectivity index (χ3n) is 10.4. The summed E-state index contributed by atoms with van der Waals surface area (Å²) in [5.41, 5.74) is -0.687. The number of fused-ring (bicyclic) bond motifs is 2. The summed E-state index contributed by atoms with van der Waals surface area (Å²) in [4.78, 5) is 40.1. The summed E-state index contributed by atoms with van der Waals surface area (Å²) in [7, 11) is 0. The summed E-state index contributed by atoms with van der Waals surface area (Å²) in [6, 6.07) is 0. The highest BCUT2D eigenvalue weighted by Crippen LogP contribution is 2.68. The molecule has 7 rings (SSSR count). The fourth-order valence-corrected chi connectivity index (χ4v) is 8.20. The third-order valence-corrected chi connectivity index (χ3v) is 10.4. The lowest BCUT2D eigenvalue weighted by Crippen LogP contribution is -2.72. The van der Waals surface area contributed by atoms with E-state index in [1.54, 1.807) is 19.1 Å². The van der Waals surface area contributed by atoms with Crippen LogP contribution in [0, 0.1) is 11.8 Å². The topological polar surface area (TPSA) is 108 Å². The molecule has 3 unspecified atom stereocenters. The van der Waals surface area contributed by atoms with Gasteiger partial charge in [-0.05, 0) is 99.3 Å². The molecule has 3 aliphatic heterocycles. The molecule has 46 heavy (non-hydrogen) atoms. The second-order valence-corrected chi connectivity index (χ2v) is 14.6. The largest absolute Gasteiger partial charge is 0.506 e. The molecule has 3 aliphatic carbocycles. The highest BCUT2D eigenvalue weighted by molar-refractivity contribution is 6.19. The van der Waals surface area contributed by atoms with Crippen molar-refractivity contribution in [2.75, 3.05) is 0 Å². The van der Waals surface area contributed by atoms with Gasteiger partial charge in [-0.1, -0.05) is 29.4 Å². The molecule has 6 aliphatic rings. The van der Waals surface area contributed by atoms with Crippen LogP contribution in [0.1, 0.15) is 103 Å². The van der Waals surface area contributed by atoms with Gasteiger partial charge in [-0.2, -0.15) is 0 Å². The van der Waals surface area contributed by atoms with Gasteiger partial charge in [-0.25, -0.2) is 0 Å². The Morgan fingerprint density at radius 2 is 1.74 bits per heavy atom. The number of rotatable bonds is 9. The maximum absolute atomic E-state index is 14.7. The van der Waals surface area contributed by atoms with Crippen molar-refractivity contribution in [3.05, 3.63) is 69.5 Å². The zero-order chi connectivity index (χ0) is 33.4. The lowest BCUT2D eigenvalue weighted by Gasteiger charge is -2.56. The highest BCUT2D eigenvalue weighted by Gasteiger charge is 2.81. The van der Waals surface area contributed by atoms with Crippen LogP contribution in [-0.2, 0) is 25.5 Å². The van der Waals surface area contributed by atoms with E-state index in [0.717, 1.165) is 12.0 Å². The first kappa shape index (κ1) is 32.0. The summed E-state index contributed by atoms with van der Waals surface area (Å²) in [6.07, 6.45) is 13.8. The van der Waals surface area contributed by atoms with Gasteiger partial charge in [0.15, 0.2) is 22.8 Å². The normalized spacial score (nSPS) is 31.1. The highest BCUT2D eigenvalue weighted by atomic mass is 16.6. The van der Waals surface area contributed by atoms with E-state index < -0.39 is 28.3 Å². The molecule has 0 amide bonds. The Kier molecular flexibility index (Phi) is 7.54. The van der Waals surface area contributed by atoms with E-state index in [1.807, 2.05) is 52.8 Å². The lowest BCUT2D eigenvalue weighted by molar-refractivity contribution is -0.171. The number of ketones is 2. The Hall–Kier alpha value is -3.91. The molecule has 0 radical (unpaired) electrons. The molecule has 8 heteroatoms. The van der Waals surface area contributed by atoms with E-state index >= 15 is 0 Å². The molecule has 244 valence electrons. The lowest BCUT2D eigenvalue weighted by atomic mass is 9.51. The minimum Gasteiger partial charge on any atom is -0.506 e. The Morgan fingerprint density at radius 3 is 2.41 bits per heavy atom.